The van der Waals surface area contributed by atoms with Gasteiger partial charge in [-0.1, -0.05) is 19.3 Å². The van der Waals surface area contributed by atoms with Crippen LogP contribution in [0.1, 0.15) is 38.5 Å². The standard InChI is InChI=1S/C17H26N4O3S/c18-25(23,24)15-7-4-8-19-17(15)21-11-9-20(10-12-21)16(22)13-14-5-2-1-3-6-14/h4,7-8,14H,1-3,5-6,9-13H2,(H2,18,23,24). The van der Waals surface area contributed by atoms with E-state index in [4.69, 9.17) is 5.14 Å². The first kappa shape index (κ1) is 18.1. The molecule has 2 heterocycles. The van der Waals surface area contributed by atoms with Crippen molar-refractivity contribution >= 4 is 21.7 Å². The average Bonchev–Trinajstić information content (AvgIpc) is 2.62. The Morgan fingerprint density at radius 2 is 1.84 bits per heavy atom. The van der Waals surface area contributed by atoms with Gasteiger partial charge in [-0.3, -0.25) is 4.79 Å². The van der Waals surface area contributed by atoms with Crippen molar-refractivity contribution in [2.24, 2.45) is 11.1 Å². The van der Waals surface area contributed by atoms with Crippen LogP contribution in [0.15, 0.2) is 23.2 Å². The van der Waals surface area contributed by atoms with Crippen LogP contribution in [-0.4, -0.2) is 50.4 Å². The number of anilines is 1. The Labute approximate surface area is 149 Å². The van der Waals surface area contributed by atoms with Crippen molar-refractivity contribution in [1.29, 1.82) is 0 Å². The third kappa shape index (κ3) is 4.49. The molecule has 138 valence electrons. The van der Waals surface area contributed by atoms with E-state index in [0.717, 1.165) is 12.8 Å². The maximum absolute atomic E-state index is 12.5. The molecule has 1 amide bonds. The molecule has 2 fully saturated rings. The number of primary sulfonamides is 1. The molecule has 1 saturated heterocycles. The van der Waals surface area contributed by atoms with E-state index in [1.165, 1.54) is 25.3 Å². The van der Waals surface area contributed by atoms with E-state index >= 15 is 0 Å². The minimum absolute atomic E-state index is 0.0389. The van der Waals surface area contributed by atoms with Crippen LogP contribution in [0.5, 0.6) is 0 Å². The predicted molar refractivity (Wildman–Crippen MR) is 95.6 cm³/mol. The van der Waals surface area contributed by atoms with Crippen LogP contribution >= 0.6 is 0 Å². The average molecular weight is 366 g/mol. The van der Waals surface area contributed by atoms with Gasteiger partial charge in [-0.25, -0.2) is 18.5 Å². The molecule has 8 heteroatoms. The number of sulfonamides is 1. The quantitative estimate of drug-likeness (QED) is 0.867. The molecule has 1 aliphatic heterocycles. The van der Waals surface area contributed by atoms with Crippen LogP contribution in [0, 0.1) is 5.92 Å². The van der Waals surface area contributed by atoms with Gasteiger partial charge in [0.2, 0.25) is 15.9 Å². The van der Waals surface area contributed by atoms with Crippen molar-refractivity contribution in [3.8, 4) is 0 Å². The Hall–Kier alpha value is -1.67. The van der Waals surface area contributed by atoms with Gasteiger partial charge in [0, 0.05) is 38.8 Å². The van der Waals surface area contributed by atoms with Gasteiger partial charge in [-0.05, 0) is 30.9 Å². The summed E-state index contributed by atoms with van der Waals surface area (Å²) in [5.74, 6) is 1.13. The molecule has 2 aliphatic rings. The molecular weight excluding hydrogens is 340 g/mol. The van der Waals surface area contributed by atoms with E-state index in [0.29, 0.717) is 44.3 Å². The Kier molecular flexibility index (Phi) is 5.58. The normalized spacial score (nSPS) is 19.9. The summed E-state index contributed by atoms with van der Waals surface area (Å²) in [7, 11) is -3.82. The van der Waals surface area contributed by atoms with E-state index in [1.54, 1.807) is 12.3 Å². The van der Waals surface area contributed by atoms with Gasteiger partial charge in [0.1, 0.15) is 10.7 Å². The molecule has 25 heavy (non-hydrogen) atoms. The fourth-order valence-corrected chi connectivity index (χ4v) is 4.48. The molecule has 0 spiro atoms. The van der Waals surface area contributed by atoms with Crippen LogP contribution in [0.25, 0.3) is 0 Å². The maximum Gasteiger partial charge on any atom is 0.241 e. The van der Waals surface area contributed by atoms with Gasteiger partial charge in [0.15, 0.2) is 0 Å². The molecule has 0 bridgehead atoms. The molecular formula is C17H26N4O3S. The molecule has 1 saturated carbocycles. The summed E-state index contributed by atoms with van der Waals surface area (Å²) in [5.41, 5.74) is 0. The summed E-state index contributed by atoms with van der Waals surface area (Å²) in [4.78, 5) is 20.5. The van der Waals surface area contributed by atoms with Crippen molar-refractivity contribution in [3.05, 3.63) is 18.3 Å². The molecule has 0 aromatic carbocycles. The van der Waals surface area contributed by atoms with Crippen LogP contribution in [0.2, 0.25) is 0 Å². The molecule has 1 aromatic heterocycles. The number of piperazine rings is 1. The molecule has 1 aliphatic carbocycles. The minimum atomic E-state index is -3.82. The largest absolute Gasteiger partial charge is 0.352 e. The van der Waals surface area contributed by atoms with Gasteiger partial charge in [0.05, 0.1) is 0 Å². The van der Waals surface area contributed by atoms with E-state index in [-0.39, 0.29) is 10.8 Å². The van der Waals surface area contributed by atoms with Crippen molar-refractivity contribution < 1.29 is 13.2 Å². The summed E-state index contributed by atoms with van der Waals surface area (Å²) in [6.45, 7) is 2.31. The molecule has 0 radical (unpaired) electrons. The number of amides is 1. The third-order valence-corrected chi connectivity index (χ3v) is 6.11. The fourth-order valence-electron chi connectivity index (χ4n) is 3.78. The van der Waals surface area contributed by atoms with Crippen LogP contribution in [-0.2, 0) is 14.8 Å². The third-order valence-electron chi connectivity index (χ3n) is 5.18. The molecule has 0 unspecified atom stereocenters. The highest BCUT2D eigenvalue weighted by Gasteiger charge is 2.27. The maximum atomic E-state index is 12.5. The van der Waals surface area contributed by atoms with Gasteiger partial charge >= 0.3 is 0 Å². The molecule has 7 nitrogen and oxygen atoms in total. The monoisotopic (exact) mass is 366 g/mol. The van der Waals surface area contributed by atoms with Gasteiger partial charge in [-0.2, -0.15) is 0 Å². The summed E-state index contributed by atoms with van der Waals surface area (Å²) in [6.07, 6.45) is 8.30. The Balaban J connectivity index is 1.60. The highest BCUT2D eigenvalue weighted by atomic mass is 32.2. The highest BCUT2D eigenvalue weighted by Crippen LogP contribution is 2.27. The van der Waals surface area contributed by atoms with Crippen molar-refractivity contribution in [2.45, 2.75) is 43.4 Å². The molecule has 1 aromatic rings. The first-order valence-electron chi connectivity index (χ1n) is 8.95. The van der Waals surface area contributed by atoms with E-state index < -0.39 is 10.0 Å². The summed E-state index contributed by atoms with van der Waals surface area (Å²) in [6, 6.07) is 3.03. The van der Waals surface area contributed by atoms with Crippen LogP contribution in [0.4, 0.5) is 5.82 Å². The van der Waals surface area contributed by atoms with Crippen LogP contribution in [0.3, 0.4) is 0 Å². The van der Waals surface area contributed by atoms with Crippen molar-refractivity contribution in [3.63, 3.8) is 0 Å². The zero-order valence-electron chi connectivity index (χ0n) is 14.4. The smallest absolute Gasteiger partial charge is 0.241 e. The first-order chi connectivity index (χ1) is 11.9. The first-order valence-corrected chi connectivity index (χ1v) is 10.5. The number of nitrogens with zero attached hydrogens (tertiary/aromatic N) is 3. The minimum Gasteiger partial charge on any atom is -0.352 e. The number of hydrogen-bond acceptors (Lipinski definition) is 5. The SMILES string of the molecule is NS(=O)(=O)c1cccnc1N1CCN(C(=O)CC2CCCCC2)CC1. The second kappa shape index (κ2) is 7.70. The van der Waals surface area contributed by atoms with Gasteiger partial charge in [0.25, 0.3) is 0 Å². The zero-order valence-corrected chi connectivity index (χ0v) is 15.2. The lowest BCUT2D eigenvalue weighted by molar-refractivity contribution is -0.132. The lowest BCUT2D eigenvalue weighted by atomic mass is 9.86. The zero-order chi connectivity index (χ0) is 17.9. The molecule has 2 N–H and O–H groups in total. The van der Waals surface area contributed by atoms with Gasteiger partial charge in [-0.15, -0.1) is 0 Å². The number of hydrogen-bond donors (Lipinski definition) is 1. The van der Waals surface area contributed by atoms with Gasteiger partial charge < -0.3 is 9.80 Å². The summed E-state index contributed by atoms with van der Waals surface area (Å²) >= 11 is 0. The second-order valence-electron chi connectivity index (χ2n) is 6.95. The number of carbonyl (C=O) groups excluding carboxylic acids is 1. The second-order valence-corrected chi connectivity index (χ2v) is 8.48. The number of carbonyl (C=O) groups is 1. The number of aromatic nitrogens is 1. The highest BCUT2D eigenvalue weighted by molar-refractivity contribution is 7.89. The van der Waals surface area contributed by atoms with E-state index in [9.17, 15) is 13.2 Å². The topological polar surface area (TPSA) is 96.6 Å². The van der Waals surface area contributed by atoms with E-state index in [2.05, 4.69) is 4.98 Å². The number of pyridine rings is 1. The number of rotatable bonds is 4. The molecule has 3 rings (SSSR count). The van der Waals surface area contributed by atoms with Crippen molar-refractivity contribution in [1.82, 2.24) is 9.88 Å². The summed E-state index contributed by atoms with van der Waals surface area (Å²) < 4.78 is 23.5. The lowest BCUT2D eigenvalue weighted by Crippen LogP contribution is -2.49. The Morgan fingerprint density at radius 1 is 1.16 bits per heavy atom. The lowest BCUT2D eigenvalue weighted by Gasteiger charge is -2.36. The number of nitrogens with two attached hydrogens (primary N) is 1. The van der Waals surface area contributed by atoms with E-state index in [1.807, 2.05) is 9.80 Å². The summed E-state index contributed by atoms with van der Waals surface area (Å²) in [5, 5.41) is 5.28. The predicted octanol–water partition coefficient (Wildman–Crippen LogP) is 1.35. The fraction of sp³-hybridized carbons (Fsp3) is 0.647. The van der Waals surface area contributed by atoms with Crippen LogP contribution < -0.4 is 10.0 Å². The van der Waals surface area contributed by atoms with Crippen molar-refractivity contribution in [2.75, 3.05) is 31.1 Å². The molecule has 0 atom stereocenters. The Morgan fingerprint density at radius 3 is 2.48 bits per heavy atom. The Bertz CT molecular complexity index is 708.